The minimum absolute atomic E-state index is 0.186. The van der Waals surface area contributed by atoms with Crippen molar-refractivity contribution in [2.75, 3.05) is 18.6 Å². The molecule has 0 amide bonds. The van der Waals surface area contributed by atoms with Crippen LogP contribution in [-0.2, 0) is 15.7 Å². The fourth-order valence-corrected chi connectivity index (χ4v) is 7.51. The molecule has 0 aromatic carbocycles. The van der Waals surface area contributed by atoms with E-state index < -0.39 is 5.69 Å². The molecule has 0 fully saturated rings. The van der Waals surface area contributed by atoms with E-state index in [-0.39, 0.29) is 6.10 Å². The molecule has 0 aliphatic heterocycles. The summed E-state index contributed by atoms with van der Waals surface area (Å²) < 4.78 is 5.15. The SMILES string of the molecule is CCCCC(CC)C[S+]=P(O)(O)SCCC(C)OC. The number of methoxy groups -OCH3 is 1. The van der Waals surface area contributed by atoms with Gasteiger partial charge < -0.3 is 14.5 Å². The first-order valence-corrected chi connectivity index (χ1v) is 12.0. The van der Waals surface area contributed by atoms with Crippen molar-refractivity contribution in [2.45, 2.75) is 59.0 Å². The predicted molar refractivity (Wildman–Crippen MR) is 90.4 cm³/mol. The summed E-state index contributed by atoms with van der Waals surface area (Å²) in [6.07, 6.45) is 5.82. The topological polar surface area (TPSA) is 49.7 Å². The first kappa shape index (κ1) is 19.9. The van der Waals surface area contributed by atoms with Crippen molar-refractivity contribution in [3.8, 4) is 0 Å². The van der Waals surface area contributed by atoms with Crippen molar-refractivity contribution in [1.82, 2.24) is 0 Å². The Balaban J connectivity index is 4.10. The predicted octanol–water partition coefficient (Wildman–Crippen LogP) is 4.11. The highest BCUT2D eigenvalue weighted by molar-refractivity contribution is 8.69. The molecule has 2 N–H and O–H groups in total. The Morgan fingerprint density at radius 2 is 1.95 bits per heavy atom. The zero-order valence-electron chi connectivity index (χ0n) is 12.7. The second-order valence-corrected chi connectivity index (χ2v) is 12.4. The smallest absolute Gasteiger partial charge is 0.382 e. The van der Waals surface area contributed by atoms with Gasteiger partial charge >= 0.3 is 5.69 Å². The molecule has 2 unspecified atom stereocenters. The molecule has 2 atom stereocenters. The van der Waals surface area contributed by atoms with Crippen molar-refractivity contribution in [3.05, 3.63) is 0 Å². The molecule has 0 aliphatic rings. The molecule has 0 aliphatic carbocycles. The van der Waals surface area contributed by atoms with Crippen LogP contribution in [-0.4, -0.2) is 34.5 Å². The molecule has 0 radical (unpaired) electrons. The highest BCUT2D eigenvalue weighted by Crippen LogP contribution is 2.53. The zero-order valence-corrected chi connectivity index (χ0v) is 15.2. The molecule has 19 heavy (non-hydrogen) atoms. The molecule has 116 valence electrons. The van der Waals surface area contributed by atoms with E-state index in [0.29, 0.717) is 5.92 Å². The largest absolute Gasteiger partial charge is 0.430 e. The third-order valence-electron chi connectivity index (χ3n) is 3.21. The maximum atomic E-state index is 10.0. The van der Waals surface area contributed by atoms with Crippen LogP contribution in [0.25, 0.3) is 0 Å². The Morgan fingerprint density at radius 1 is 1.26 bits per heavy atom. The van der Waals surface area contributed by atoms with Crippen molar-refractivity contribution < 1.29 is 14.5 Å². The van der Waals surface area contributed by atoms with Crippen molar-refractivity contribution >= 4 is 28.0 Å². The molecular formula is C13H30O3PS2+. The number of rotatable bonds is 11. The lowest BCUT2D eigenvalue weighted by molar-refractivity contribution is 0.116. The van der Waals surface area contributed by atoms with E-state index in [1.54, 1.807) is 7.11 Å². The van der Waals surface area contributed by atoms with E-state index in [0.717, 1.165) is 24.3 Å². The first-order valence-electron chi connectivity index (χ1n) is 7.11. The highest BCUT2D eigenvalue weighted by atomic mass is 32.9. The lowest BCUT2D eigenvalue weighted by atomic mass is 10.0. The molecule has 0 aromatic rings. The van der Waals surface area contributed by atoms with E-state index in [4.69, 9.17) is 4.74 Å². The summed E-state index contributed by atoms with van der Waals surface area (Å²) >= 11 is 1.30. The van der Waals surface area contributed by atoms with E-state index >= 15 is 0 Å². The van der Waals surface area contributed by atoms with E-state index in [2.05, 4.69) is 13.8 Å². The maximum Gasteiger partial charge on any atom is 0.430 e. The Morgan fingerprint density at radius 3 is 2.47 bits per heavy atom. The van der Waals surface area contributed by atoms with Crippen LogP contribution in [0.5, 0.6) is 0 Å². The average Bonchev–Trinajstić information content (AvgIpc) is 2.38. The number of unbranched alkanes of at least 4 members (excludes halogenated alkanes) is 1. The summed E-state index contributed by atoms with van der Waals surface area (Å²) in [5.74, 6) is 2.22. The normalized spacial score (nSPS) is 15.3. The molecular weight excluding hydrogens is 299 g/mol. The van der Waals surface area contributed by atoms with Gasteiger partial charge in [-0.2, -0.15) is 0 Å². The molecule has 0 spiro atoms. The quantitative estimate of drug-likeness (QED) is 0.442. The van der Waals surface area contributed by atoms with Crippen LogP contribution in [0.3, 0.4) is 0 Å². The van der Waals surface area contributed by atoms with Crippen molar-refractivity contribution in [1.29, 1.82) is 0 Å². The van der Waals surface area contributed by atoms with Gasteiger partial charge in [0.25, 0.3) is 0 Å². The number of hydrogen-bond acceptors (Lipinski definition) is 2. The zero-order chi connectivity index (χ0) is 14.7. The Hall–Kier alpha value is 0.880. The van der Waals surface area contributed by atoms with Gasteiger partial charge in [0.15, 0.2) is 5.75 Å². The lowest BCUT2D eigenvalue weighted by Crippen LogP contribution is -2.06. The molecule has 0 saturated carbocycles. The second-order valence-electron chi connectivity index (χ2n) is 4.87. The van der Waals surface area contributed by atoms with Crippen molar-refractivity contribution in [3.63, 3.8) is 0 Å². The van der Waals surface area contributed by atoms with Gasteiger partial charge in [-0.3, -0.25) is 0 Å². The van der Waals surface area contributed by atoms with Gasteiger partial charge in [-0.15, -0.1) is 0 Å². The minimum Gasteiger partial charge on any atom is -0.382 e. The molecule has 0 aromatic heterocycles. The van der Waals surface area contributed by atoms with Crippen LogP contribution in [0.15, 0.2) is 0 Å². The summed E-state index contributed by atoms with van der Waals surface area (Å²) in [4.78, 5) is 20.0. The van der Waals surface area contributed by atoms with Gasteiger partial charge in [0.05, 0.1) is 6.10 Å². The molecule has 0 bridgehead atoms. The van der Waals surface area contributed by atoms with Crippen LogP contribution in [0.4, 0.5) is 0 Å². The van der Waals surface area contributed by atoms with Gasteiger partial charge in [-0.05, 0) is 37.6 Å². The van der Waals surface area contributed by atoms with Crippen LogP contribution >= 0.6 is 17.1 Å². The first-order chi connectivity index (χ1) is 8.95. The standard InChI is InChI=1S/C13H30O3PS2/c1-5-7-8-13(6-2)11-19-17(14,15)18-10-9-12(3)16-4/h12-15H,5-11H2,1-4H3/q+1. The van der Waals surface area contributed by atoms with E-state index in [9.17, 15) is 9.79 Å². The Labute approximate surface area is 126 Å². The van der Waals surface area contributed by atoms with Crippen LogP contribution in [0.1, 0.15) is 52.9 Å². The molecule has 0 saturated heterocycles. The number of ether oxygens (including phenoxy) is 1. The van der Waals surface area contributed by atoms with Crippen LogP contribution < -0.4 is 0 Å². The minimum atomic E-state index is -2.83. The van der Waals surface area contributed by atoms with Crippen LogP contribution in [0.2, 0.25) is 0 Å². The number of hydrogen-bond donors (Lipinski definition) is 2. The third-order valence-corrected chi connectivity index (χ3v) is 9.83. The summed E-state index contributed by atoms with van der Waals surface area (Å²) in [6, 6.07) is 0. The molecule has 0 rings (SSSR count). The summed E-state index contributed by atoms with van der Waals surface area (Å²) in [5.41, 5.74) is -2.83. The molecule has 6 heteroatoms. The molecule has 3 nitrogen and oxygen atoms in total. The fraction of sp³-hybridized carbons (Fsp3) is 1.00. The van der Waals surface area contributed by atoms with E-state index in [1.165, 1.54) is 41.6 Å². The van der Waals surface area contributed by atoms with Gasteiger partial charge in [0, 0.05) is 18.8 Å². The van der Waals surface area contributed by atoms with Crippen molar-refractivity contribution in [2.24, 2.45) is 5.92 Å². The molecule has 0 heterocycles. The Kier molecular flexibility index (Phi) is 12.1. The Bertz CT molecular complexity index is 269. The van der Waals surface area contributed by atoms with Gasteiger partial charge in [-0.1, -0.05) is 26.7 Å². The van der Waals surface area contributed by atoms with Gasteiger partial charge in [0.1, 0.15) is 0 Å². The third kappa shape index (κ3) is 11.2. The highest BCUT2D eigenvalue weighted by Gasteiger charge is 2.26. The second kappa shape index (κ2) is 11.5. The van der Waals surface area contributed by atoms with Crippen LogP contribution in [0, 0.1) is 5.92 Å². The monoisotopic (exact) mass is 329 g/mol. The fourth-order valence-electron chi connectivity index (χ4n) is 1.59. The van der Waals surface area contributed by atoms with Gasteiger partial charge in [0.2, 0.25) is 10.9 Å². The van der Waals surface area contributed by atoms with E-state index in [1.807, 2.05) is 6.92 Å². The lowest BCUT2D eigenvalue weighted by Gasteiger charge is -2.09. The summed E-state index contributed by atoms with van der Waals surface area (Å²) in [5, 5.41) is 0. The maximum absolute atomic E-state index is 10.0. The van der Waals surface area contributed by atoms with Gasteiger partial charge in [-0.25, -0.2) is 0 Å². The summed E-state index contributed by atoms with van der Waals surface area (Å²) in [6.45, 7) is 6.38. The summed E-state index contributed by atoms with van der Waals surface area (Å²) in [7, 11) is 3.05. The average molecular weight is 329 g/mol.